The molecule has 0 radical (unpaired) electrons. The molecule has 1 saturated carbocycles. The highest BCUT2D eigenvalue weighted by Gasteiger charge is 2.22. The van der Waals surface area contributed by atoms with Crippen LogP contribution in [0.25, 0.3) is 0 Å². The first-order chi connectivity index (χ1) is 8.74. The Kier molecular flexibility index (Phi) is 5.22. The zero-order valence-corrected chi connectivity index (χ0v) is 13.1. The molecule has 0 N–H and O–H groups in total. The van der Waals surface area contributed by atoms with E-state index in [1.807, 2.05) is 6.08 Å². The molecule has 1 nitrogen and oxygen atoms in total. The summed E-state index contributed by atoms with van der Waals surface area (Å²) in [6, 6.07) is 4.29. The molecule has 0 amide bonds. The van der Waals surface area contributed by atoms with Crippen LogP contribution in [0.4, 0.5) is 0 Å². The van der Waals surface area contributed by atoms with Crippen molar-refractivity contribution >= 4 is 29.1 Å². The molecule has 98 valence electrons. The largest absolute Gasteiger partial charge is 0.489 e. The van der Waals surface area contributed by atoms with Crippen molar-refractivity contribution < 1.29 is 4.74 Å². The zero-order valence-electron chi connectivity index (χ0n) is 10.8. The summed E-state index contributed by atoms with van der Waals surface area (Å²) in [6.45, 7) is 4.31. The zero-order chi connectivity index (χ0) is 13.0. The van der Waals surface area contributed by atoms with Gasteiger partial charge in [-0.15, -0.1) is 18.5 Å². The predicted molar refractivity (Wildman–Crippen MR) is 86.6 cm³/mol. The van der Waals surface area contributed by atoms with Gasteiger partial charge in [0.1, 0.15) is 12.4 Å². The topological polar surface area (TPSA) is 9.23 Å². The van der Waals surface area contributed by atoms with Gasteiger partial charge in [-0.05, 0) is 24.1 Å². The average Bonchev–Trinajstić information content (AvgIpc) is 2.40. The Balaban J connectivity index is 2.35. The summed E-state index contributed by atoms with van der Waals surface area (Å²) in [4.78, 5) is 0. The third-order valence-electron chi connectivity index (χ3n) is 3.62. The fourth-order valence-electron chi connectivity index (χ4n) is 2.75. The lowest BCUT2D eigenvalue weighted by molar-refractivity contribution is 0.352. The van der Waals surface area contributed by atoms with Crippen LogP contribution in [0, 0.1) is 0 Å². The summed E-state index contributed by atoms with van der Waals surface area (Å²) < 4.78 is 5.90. The number of benzene rings is 1. The molecule has 2 rings (SSSR count). The monoisotopic (exact) mass is 280 g/mol. The predicted octanol–water partition coefficient (Wildman–Crippen LogP) is 3.30. The summed E-state index contributed by atoms with van der Waals surface area (Å²) in [5, 5.41) is 2.44. The Bertz CT molecular complexity index is 423. The van der Waals surface area contributed by atoms with E-state index >= 15 is 0 Å². The van der Waals surface area contributed by atoms with E-state index in [0.717, 1.165) is 11.1 Å². The van der Waals surface area contributed by atoms with Crippen LogP contribution in [0.2, 0.25) is 0 Å². The fourth-order valence-corrected chi connectivity index (χ4v) is 3.55. The first kappa shape index (κ1) is 14.0. The molecule has 2 unspecified atom stereocenters. The average molecular weight is 280 g/mol. The van der Waals surface area contributed by atoms with Crippen LogP contribution in [0.1, 0.15) is 43.6 Å². The molecule has 0 saturated heterocycles. The van der Waals surface area contributed by atoms with Gasteiger partial charge in [0.15, 0.2) is 0 Å². The van der Waals surface area contributed by atoms with E-state index in [-0.39, 0.29) is 0 Å². The van der Waals surface area contributed by atoms with Crippen LogP contribution >= 0.6 is 18.5 Å². The van der Waals surface area contributed by atoms with Gasteiger partial charge in [0.25, 0.3) is 0 Å². The molecule has 18 heavy (non-hydrogen) atoms. The molecule has 0 aliphatic heterocycles. The van der Waals surface area contributed by atoms with Crippen LogP contribution in [0.3, 0.4) is 0 Å². The van der Waals surface area contributed by atoms with Gasteiger partial charge in [0.05, 0.1) is 0 Å². The van der Waals surface area contributed by atoms with E-state index in [4.69, 9.17) is 4.74 Å². The van der Waals surface area contributed by atoms with Crippen molar-refractivity contribution in [2.75, 3.05) is 6.61 Å². The van der Waals surface area contributed by atoms with E-state index in [2.05, 4.69) is 37.2 Å². The van der Waals surface area contributed by atoms with E-state index in [0.29, 0.717) is 12.5 Å². The van der Waals surface area contributed by atoms with Gasteiger partial charge in [-0.3, -0.25) is 0 Å². The molecule has 0 aromatic heterocycles. The lowest BCUT2D eigenvalue weighted by atomic mass is 9.83. The maximum absolute atomic E-state index is 5.90. The third kappa shape index (κ3) is 3.14. The second kappa shape index (κ2) is 6.69. The molecule has 1 aromatic carbocycles. The lowest BCUT2D eigenvalue weighted by Crippen LogP contribution is -2.18. The molecule has 1 aromatic rings. The molecule has 1 fully saturated rings. The first-order valence-electron chi connectivity index (χ1n) is 6.65. The Morgan fingerprint density at radius 1 is 1.17 bits per heavy atom. The molecule has 0 spiro atoms. The van der Waals surface area contributed by atoms with Crippen molar-refractivity contribution in [3.63, 3.8) is 0 Å². The Hall–Kier alpha value is -0.380. The van der Waals surface area contributed by atoms with E-state index in [9.17, 15) is 0 Å². The van der Waals surface area contributed by atoms with Gasteiger partial charge in [-0.2, -0.15) is 0 Å². The highest BCUT2D eigenvalue weighted by molar-refractivity contribution is 7.28. The number of rotatable bonds is 4. The Labute approximate surface area is 115 Å². The van der Waals surface area contributed by atoms with Gasteiger partial charge in [-0.1, -0.05) is 44.1 Å². The van der Waals surface area contributed by atoms with Crippen LogP contribution in [0.15, 0.2) is 24.8 Å². The van der Waals surface area contributed by atoms with Crippen molar-refractivity contribution in [1.29, 1.82) is 0 Å². The van der Waals surface area contributed by atoms with E-state index in [1.165, 1.54) is 43.0 Å². The van der Waals surface area contributed by atoms with Gasteiger partial charge >= 0.3 is 0 Å². The molecule has 0 bridgehead atoms. The van der Waals surface area contributed by atoms with Gasteiger partial charge in [0, 0.05) is 10.9 Å². The molecular weight excluding hydrogens is 258 g/mol. The summed E-state index contributed by atoms with van der Waals surface area (Å²) in [5.74, 6) is 1.71. The number of hydrogen-bond acceptors (Lipinski definition) is 1. The third-order valence-corrected chi connectivity index (χ3v) is 4.58. The molecule has 0 heterocycles. The van der Waals surface area contributed by atoms with Crippen molar-refractivity contribution in [3.8, 4) is 5.75 Å². The summed E-state index contributed by atoms with van der Waals surface area (Å²) in [5.41, 5.74) is 1.40. The van der Waals surface area contributed by atoms with Crippen LogP contribution < -0.4 is 15.3 Å². The fraction of sp³-hybridized carbons (Fsp3) is 0.467. The standard InChI is InChI=1S/C15H22OP2/c1-2-10-16-15-13(18)9-8-12(17)14(15)11-6-4-3-5-7-11/h2,8-9,11H,1,3-7,10,17-18H2. The minimum absolute atomic E-state index is 0.579. The summed E-state index contributed by atoms with van der Waals surface area (Å²) >= 11 is 0. The number of ether oxygens (including phenoxy) is 1. The molecular formula is C15H22OP2. The van der Waals surface area contributed by atoms with E-state index < -0.39 is 0 Å². The van der Waals surface area contributed by atoms with E-state index in [1.54, 1.807) is 0 Å². The Morgan fingerprint density at radius 3 is 2.50 bits per heavy atom. The molecule has 1 aliphatic rings. The highest BCUT2D eigenvalue weighted by Crippen LogP contribution is 2.37. The van der Waals surface area contributed by atoms with Crippen LogP contribution in [-0.4, -0.2) is 6.61 Å². The van der Waals surface area contributed by atoms with Crippen molar-refractivity contribution in [2.24, 2.45) is 0 Å². The quantitative estimate of drug-likeness (QED) is 0.607. The maximum atomic E-state index is 5.90. The molecule has 1 aliphatic carbocycles. The van der Waals surface area contributed by atoms with Crippen LogP contribution in [-0.2, 0) is 0 Å². The minimum atomic E-state index is 0.579. The normalized spacial score (nSPS) is 16.6. The van der Waals surface area contributed by atoms with Crippen molar-refractivity contribution in [2.45, 2.75) is 38.0 Å². The van der Waals surface area contributed by atoms with Gasteiger partial charge in [0.2, 0.25) is 0 Å². The first-order valence-corrected chi connectivity index (χ1v) is 7.81. The highest BCUT2D eigenvalue weighted by atomic mass is 31.0. The van der Waals surface area contributed by atoms with Crippen molar-refractivity contribution in [1.82, 2.24) is 0 Å². The smallest absolute Gasteiger partial charge is 0.130 e. The summed E-state index contributed by atoms with van der Waals surface area (Å²) in [6.07, 6.45) is 8.46. The molecule has 2 atom stereocenters. The summed E-state index contributed by atoms with van der Waals surface area (Å²) in [7, 11) is 5.66. The lowest BCUT2D eigenvalue weighted by Gasteiger charge is -2.26. The SMILES string of the molecule is C=CCOc1c(P)ccc(P)c1C1CCCCC1. The van der Waals surface area contributed by atoms with Crippen molar-refractivity contribution in [3.05, 3.63) is 30.4 Å². The second-order valence-electron chi connectivity index (χ2n) is 4.92. The Morgan fingerprint density at radius 2 is 1.83 bits per heavy atom. The second-order valence-corrected chi connectivity index (χ2v) is 6.17. The maximum Gasteiger partial charge on any atom is 0.130 e. The van der Waals surface area contributed by atoms with Gasteiger partial charge in [-0.25, -0.2) is 0 Å². The minimum Gasteiger partial charge on any atom is -0.489 e. The molecule has 3 heteroatoms. The number of hydrogen-bond donors (Lipinski definition) is 0. The van der Waals surface area contributed by atoms with Crippen LogP contribution in [0.5, 0.6) is 5.75 Å². The van der Waals surface area contributed by atoms with Gasteiger partial charge < -0.3 is 4.74 Å².